The third-order valence-electron chi connectivity index (χ3n) is 7.57. The van der Waals surface area contributed by atoms with Crippen LogP contribution in [0.15, 0.2) is 118 Å². The maximum atomic E-state index is 6.37. The van der Waals surface area contributed by atoms with Gasteiger partial charge in [0, 0.05) is 33.8 Å². The highest BCUT2D eigenvalue weighted by Crippen LogP contribution is 2.30. The average Bonchev–Trinajstić information content (AvgIpc) is 3.79. The molecule has 0 radical (unpaired) electrons. The van der Waals surface area contributed by atoms with Crippen LogP contribution in [0.4, 0.5) is 0 Å². The lowest BCUT2D eigenvalue weighted by molar-refractivity contribution is 0.282. The number of nitrogens with zero attached hydrogens (tertiary/aromatic N) is 8. The lowest BCUT2D eigenvalue weighted by Crippen LogP contribution is -2.06. The van der Waals surface area contributed by atoms with Crippen molar-refractivity contribution in [1.29, 1.82) is 0 Å². The van der Waals surface area contributed by atoms with E-state index in [4.69, 9.17) is 14.2 Å². The van der Waals surface area contributed by atoms with Crippen molar-refractivity contribution in [2.75, 3.05) is 7.11 Å². The number of aryl methyl sites for hydroxylation is 1. The van der Waals surface area contributed by atoms with E-state index in [2.05, 4.69) is 67.0 Å². The number of aromatic nitrogens is 6. The van der Waals surface area contributed by atoms with Crippen LogP contribution in [-0.4, -0.2) is 49.3 Å². The maximum Gasteiger partial charge on any atom is 0.212 e. The highest BCUT2D eigenvalue weighted by molar-refractivity contribution is 7.98. The smallest absolute Gasteiger partial charge is 0.212 e. The van der Waals surface area contributed by atoms with Crippen LogP contribution in [0.3, 0.4) is 0 Å². The van der Waals surface area contributed by atoms with Crippen LogP contribution in [-0.2, 0) is 24.7 Å². The zero-order chi connectivity index (χ0) is 33.4. The van der Waals surface area contributed by atoms with E-state index in [1.165, 1.54) is 0 Å². The Balaban J connectivity index is 1.23. The molecule has 0 unspecified atom stereocenters. The fraction of sp³-hybridized carbons (Fsp3) is 0.167. The molecule has 0 amide bonds. The Morgan fingerprint density at radius 2 is 1.16 bits per heavy atom. The van der Waals surface area contributed by atoms with Gasteiger partial charge in [0.25, 0.3) is 0 Å². The van der Waals surface area contributed by atoms with Crippen LogP contribution in [0.1, 0.15) is 38.9 Å². The maximum absolute atomic E-state index is 6.37. The van der Waals surface area contributed by atoms with Gasteiger partial charge in [0.15, 0.2) is 0 Å². The minimum atomic E-state index is 0.290. The number of benzene rings is 4. The van der Waals surface area contributed by atoms with Gasteiger partial charge >= 0.3 is 0 Å². The van der Waals surface area contributed by atoms with Gasteiger partial charge in [-0.3, -0.25) is 0 Å². The molecule has 246 valence electrons. The van der Waals surface area contributed by atoms with Crippen molar-refractivity contribution in [3.8, 4) is 17.2 Å². The molecule has 0 N–H and O–H groups in total. The van der Waals surface area contributed by atoms with Gasteiger partial charge in [-0.25, -0.2) is 0 Å². The van der Waals surface area contributed by atoms with Crippen LogP contribution in [0, 0.1) is 6.92 Å². The van der Waals surface area contributed by atoms with Crippen LogP contribution >= 0.6 is 23.5 Å². The van der Waals surface area contributed by atoms with Gasteiger partial charge in [0.2, 0.25) is 10.3 Å². The molecule has 0 spiro atoms. The minimum absolute atomic E-state index is 0.290. The van der Waals surface area contributed by atoms with Crippen LogP contribution in [0.2, 0.25) is 0 Å². The highest BCUT2D eigenvalue weighted by Gasteiger charge is 2.15. The van der Waals surface area contributed by atoms with E-state index in [9.17, 15) is 0 Å². The second kappa shape index (κ2) is 15.2. The van der Waals surface area contributed by atoms with Gasteiger partial charge in [0.05, 0.1) is 19.5 Å². The molecule has 7 rings (SSSR count). The second-order valence-corrected chi connectivity index (χ2v) is 13.0. The van der Waals surface area contributed by atoms with Gasteiger partial charge in [-0.05, 0) is 54.4 Å². The molecule has 6 aromatic rings. The Morgan fingerprint density at radius 1 is 0.653 bits per heavy atom. The number of hydrogen-bond acceptors (Lipinski definition) is 11. The van der Waals surface area contributed by atoms with Gasteiger partial charge < -0.3 is 14.2 Å². The number of para-hydroxylation sites is 2. The minimum Gasteiger partial charge on any atom is -0.496 e. The van der Waals surface area contributed by atoms with E-state index in [-0.39, 0.29) is 13.2 Å². The molecule has 0 saturated heterocycles. The van der Waals surface area contributed by atoms with E-state index >= 15 is 0 Å². The molecular formula is C36H32N8O3S2. The highest BCUT2D eigenvalue weighted by atomic mass is 32.2. The van der Waals surface area contributed by atoms with Crippen molar-refractivity contribution in [2.45, 2.75) is 42.0 Å². The van der Waals surface area contributed by atoms with E-state index in [0.717, 1.165) is 38.9 Å². The molecular weight excluding hydrogens is 657 g/mol. The largest absolute Gasteiger partial charge is 0.496 e. The second-order valence-electron chi connectivity index (χ2n) is 11.1. The van der Waals surface area contributed by atoms with E-state index < -0.39 is 0 Å². The summed E-state index contributed by atoms with van der Waals surface area (Å²) in [6, 6.07) is 28.2. The molecule has 2 aromatic heterocycles. The zero-order valence-electron chi connectivity index (χ0n) is 26.8. The third kappa shape index (κ3) is 7.85. The van der Waals surface area contributed by atoms with Crippen molar-refractivity contribution in [2.24, 2.45) is 10.2 Å². The molecule has 0 atom stereocenters. The lowest BCUT2D eigenvalue weighted by atomic mass is 10.1. The summed E-state index contributed by atoms with van der Waals surface area (Å²) in [5, 5.41) is 27.5. The number of ether oxygens (including phenoxy) is 3. The summed E-state index contributed by atoms with van der Waals surface area (Å²) in [6.07, 6.45) is 6.72. The lowest BCUT2D eigenvalue weighted by Gasteiger charge is -2.17. The predicted molar refractivity (Wildman–Crippen MR) is 191 cm³/mol. The first-order valence-corrected chi connectivity index (χ1v) is 17.4. The molecule has 0 aliphatic carbocycles. The Hall–Kier alpha value is -5.40. The SMILES string of the molecule is COc1c2cc(C)cc1COc1ccccc1/C=N/n1cnnc1SCc1cccc(c1)CSc1nncn1/N=C/c1ccccc1OC2. The third-order valence-corrected chi connectivity index (χ3v) is 9.58. The fourth-order valence-electron chi connectivity index (χ4n) is 5.29. The first-order chi connectivity index (χ1) is 24.1. The quantitative estimate of drug-likeness (QED) is 0.180. The molecule has 1 aliphatic rings. The van der Waals surface area contributed by atoms with Crippen molar-refractivity contribution in [3.63, 3.8) is 0 Å². The number of rotatable bonds is 1. The molecule has 0 saturated carbocycles. The van der Waals surface area contributed by atoms with E-state index in [1.54, 1.807) is 65.1 Å². The van der Waals surface area contributed by atoms with Crippen molar-refractivity contribution >= 4 is 36.0 Å². The predicted octanol–water partition coefficient (Wildman–Crippen LogP) is 7.01. The van der Waals surface area contributed by atoms with E-state index in [1.807, 2.05) is 55.5 Å². The summed E-state index contributed by atoms with van der Waals surface area (Å²) < 4.78 is 22.0. The number of methoxy groups -OCH3 is 1. The normalized spacial score (nSPS) is 14.9. The molecule has 4 aromatic carbocycles. The molecule has 49 heavy (non-hydrogen) atoms. The van der Waals surface area contributed by atoms with Gasteiger partial charge in [-0.2, -0.15) is 19.6 Å². The summed E-state index contributed by atoms with van der Waals surface area (Å²) in [6.45, 7) is 2.63. The zero-order valence-corrected chi connectivity index (χ0v) is 28.5. The molecule has 0 fully saturated rings. The van der Waals surface area contributed by atoms with Crippen LogP contribution in [0.5, 0.6) is 17.2 Å². The van der Waals surface area contributed by atoms with Gasteiger partial charge in [-0.15, -0.1) is 20.4 Å². The molecule has 3 heterocycles. The van der Waals surface area contributed by atoms with E-state index in [0.29, 0.717) is 39.1 Å². The number of hydrogen-bond donors (Lipinski definition) is 0. The van der Waals surface area contributed by atoms with Crippen LogP contribution in [0.25, 0.3) is 0 Å². The first-order valence-electron chi connectivity index (χ1n) is 15.4. The van der Waals surface area contributed by atoms with Crippen molar-refractivity contribution in [3.05, 3.63) is 137 Å². The summed E-state index contributed by atoms with van der Waals surface area (Å²) in [5.41, 5.74) is 6.84. The molecule has 4 bridgehead atoms. The molecule has 13 heteroatoms. The Bertz CT molecular complexity index is 1990. The van der Waals surface area contributed by atoms with Crippen LogP contribution < -0.4 is 14.2 Å². The van der Waals surface area contributed by atoms with Gasteiger partial charge in [0.1, 0.15) is 43.1 Å². The molecule has 11 nitrogen and oxygen atoms in total. The van der Waals surface area contributed by atoms with Crippen molar-refractivity contribution in [1.82, 2.24) is 29.7 Å². The monoisotopic (exact) mass is 688 g/mol. The standard InChI is InChI=1S/C36H32N8O3S2/c1-25-14-30-19-46-32-12-5-3-10-28(32)17-39-43-23-37-41-35(43)48-21-26-8-7-9-27(16-26)22-49-36-42-38-24-44(36)40-18-29-11-4-6-13-33(29)47-20-31(15-25)34(30)45-2/h3-18,23-24H,19-22H2,1-2H3/b39-17+,40-18+. The van der Waals surface area contributed by atoms with Gasteiger partial charge in [-0.1, -0.05) is 77.6 Å². The summed E-state index contributed by atoms with van der Waals surface area (Å²) >= 11 is 3.13. The summed E-state index contributed by atoms with van der Waals surface area (Å²) in [7, 11) is 1.66. The van der Waals surface area contributed by atoms with Crippen molar-refractivity contribution < 1.29 is 14.2 Å². The first kappa shape index (κ1) is 32.2. The number of fused-ring (bicyclic) bond motifs is 8. The summed E-state index contributed by atoms with van der Waals surface area (Å²) in [4.78, 5) is 0. The topological polar surface area (TPSA) is 114 Å². The molecule has 1 aliphatic heterocycles. The Labute approximate surface area is 292 Å². The Kier molecular flexibility index (Phi) is 9.99. The Morgan fingerprint density at radius 3 is 1.67 bits per heavy atom. The number of thioether (sulfide) groups is 2. The summed E-state index contributed by atoms with van der Waals surface area (Å²) in [5.74, 6) is 3.50. The fourth-order valence-corrected chi connectivity index (χ4v) is 6.91. The average molecular weight is 689 g/mol.